The summed E-state index contributed by atoms with van der Waals surface area (Å²) in [5.41, 5.74) is 0.470. The van der Waals surface area contributed by atoms with Gasteiger partial charge in [0.1, 0.15) is 0 Å². The number of amides is 1. The van der Waals surface area contributed by atoms with Gasteiger partial charge in [0.15, 0.2) is 0 Å². The highest BCUT2D eigenvalue weighted by molar-refractivity contribution is 7.89. The van der Waals surface area contributed by atoms with Crippen LogP contribution in [0, 0.1) is 0 Å². The lowest BCUT2D eigenvalue weighted by Gasteiger charge is -2.31. The van der Waals surface area contributed by atoms with Gasteiger partial charge in [0, 0.05) is 32.9 Å². The van der Waals surface area contributed by atoms with Crippen LogP contribution < -0.4 is 5.32 Å². The normalized spacial score (nSPS) is 17.9. The third kappa shape index (κ3) is 4.29. The number of benzene rings is 1. The fourth-order valence-corrected chi connectivity index (χ4v) is 3.27. The molecule has 2 rings (SSSR count). The van der Waals surface area contributed by atoms with Crippen molar-refractivity contribution in [1.82, 2.24) is 9.21 Å². The van der Waals surface area contributed by atoms with Crippen molar-refractivity contribution in [3.05, 3.63) is 24.3 Å². The third-order valence-corrected chi connectivity index (χ3v) is 5.66. The molecule has 1 aromatic carbocycles. The molecule has 1 aliphatic heterocycles. The minimum absolute atomic E-state index is 0.152. The summed E-state index contributed by atoms with van der Waals surface area (Å²) < 4.78 is 30.7. The molecule has 1 aromatic rings. The number of morpholine rings is 1. The molecule has 0 radical (unpaired) electrons. The summed E-state index contributed by atoms with van der Waals surface area (Å²) in [6.07, 6.45) is 0. The topological polar surface area (TPSA) is 79.0 Å². The standard InChI is InChI=1S/C15H23N3O4S/c1-12(18-7-9-22-10-8-18)15(19)16-13-5-4-6-14(11-13)23(20,21)17(2)3/h4-6,11-12H,7-10H2,1-3H3,(H,16,19)/t12-/m0/s1. The zero-order valence-corrected chi connectivity index (χ0v) is 14.5. The molecule has 0 aliphatic carbocycles. The van der Waals surface area contributed by atoms with Crippen molar-refractivity contribution in [1.29, 1.82) is 0 Å². The van der Waals surface area contributed by atoms with E-state index >= 15 is 0 Å². The van der Waals surface area contributed by atoms with E-state index in [9.17, 15) is 13.2 Å². The second kappa shape index (κ2) is 7.39. The SMILES string of the molecule is C[C@@H](C(=O)Nc1cccc(S(=O)(=O)N(C)C)c1)N1CCOCC1. The summed E-state index contributed by atoms with van der Waals surface area (Å²) in [7, 11) is -0.574. The van der Waals surface area contributed by atoms with E-state index in [0.29, 0.717) is 32.0 Å². The highest BCUT2D eigenvalue weighted by Gasteiger charge is 2.24. The number of hydrogen-bond donors (Lipinski definition) is 1. The largest absolute Gasteiger partial charge is 0.379 e. The Morgan fingerprint density at radius 1 is 1.30 bits per heavy atom. The Bertz CT molecular complexity index is 654. The number of sulfonamides is 1. The van der Waals surface area contributed by atoms with Gasteiger partial charge in [0.2, 0.25) is 15.9 Å². The lowest BCUT2D eigenvalue weighted by Crippen LogP contribution is -2.47. The van der Waals surface area contributed by atoms with Crippen LogP contribution in [0.15, 0.2) is 29.2 Å². The van der Waals surface area contributed by atoms with Crippen LogP contribution in [0.5, 0.6) is 0 Å². The summed E-state index contributed by atoms with van der Waals surface area (Å²) in [4.78, 5) is 14.5. The van der Waals surface area contributed by atoms with E-state index in [-0.39, 0.29) is 16.8 Å². The Hall–Kier alpha value is -1.48. The van der Waals surface area contributed by atoms with Crippen LogP contribution in [0.1, 0.15) is 6.92 Å². The maximum absolute atomic E-state index is 12.4. The molecule has 0 unspecified atom stereocenters. The quantitative estimate of drug-likeness (QED) is 0.848. The lowest BCUT2D eigenvalue weighted by molar-refractivity contribution is -0.122. The fraction of sp³-hybridized carbons (Fsp3) is 0.533. The molecule has 1 saturated heterocycles. The van der Waals surface area contributed by atoms with Crippen molar-refractivity contribution in [2.75, 3.05) is 45.7 Å². The number of nitrogens with zero attached hydrogens (tertiary/aromatic N) is 2. The van der Waals surface area contributed by atoms with E-state index in [4.69, 9.17) is 4.74 Å². The van der Waals surface area contributed by atoms with Gasteiger partial charge in [-0.3, -0.25) is 9.69 Å². The number of anilines is 1. The van der Waals surface area contributed by atoms with Gasteiger partial charge in [-0.15, -0.1) is 0 Å². The second-order valence-electron chi connectivity index (χ2n) is 5.63. The summed E-state index contributed by atoms with van der Waals surface area (Å²) in [5, 5.41) is 2.79. The minimum atomic E-state index is -3.52. The van der Waals surface area contributed by atoms with Crippen LogP contribution in [-0.4, -0.2) is 70.0 Å². The predicted octanol–water partition coefficient (Wildman–Crippen LogP) is 0.596. The van der Waals surface area contributed by atoms with E-state index in [1.54, 1.807) is 12.1 Å². The first kappa shape index (κ1) is 17.9. The molecule has 0 aromatic heterocycles. The van der Waals surface area contributed by atoms with Crippen molar-refractivity contribution in [3.8, 4) is 0 Å². The Morgan fingerprint density at radius 3 is 2.57 bits per heavy atom. The fourth-order valence-electron chi connectivity index (χ4n) is 2.32. The van der Waals surface area contributed by atoms with Gasteiger partial charge < -0.3 is 10.1 Å². The molecular formula is C15H23N3O4S. The molecule has 1 atom stereocenters. The first-order valence-electron chi connectivity index (χ1n) is 7.47. The van der Waals surface area contributed by atoms with Crippen LogP contribution in [-0.2, 0) is 19.6 Å². The number of ether oxygens (including phenoxy) is 1. The van der Waals surface area contributed by atoms with E-state index < -0.39 is 10.0 Å². The molecule has 1 heterocycles. The first-order chi connectivity index (χ1) is 10.8. The van der Waals surface area contributed by atoms with Crippen molar-refractivity contribution in [2.24, 2.45) is 0 Å². The molecule has 1 amide bonds. The smallest absolute Gasteiger partial charge is 0.242 e. The van der Waals surface area contributed by atoms with Gasteiger partial charge >= 0.3 is 0 Å². The molecule has 1 N–H and O–H groups in total. The van der Waals surface area contributed by atoms with Gasteiger partial charge in [-0.05, 0) is 25.1 Å². The Morgan fingerprint density at radius 2 is 1.96 bits per heavy atom. The average Bonchev–Trinajstić information content (AvgIpc) is 2.55. The Labute approximate surface area is 137 Å². The molecule has 0 spiro atoms. The van der Waals surface area contributed by atoms with Crippen molar-refractivity contribution < 1.29 is 17.9 Å². The van der Waals surface area contributed by atoms with Crippen LogP contribution in [0.2, 0.25) is 0 Å². The Kier molecular flexibility index (Phi) is 5.74. The van der Waals surface area contributed by atoms with E-state index in [0.717, 1.165) is 4.31 Å². The second-order valence-corrected chi connectivity index (χ2v) is 7.78. The lowest BCUT2D eigenvalue weighted by atomic mass is 10.2. The van der Waals surface area contributed by atoms with Gasteiger partial charge in [-0.2, -0.15) is 0 Å². The van der Waals surface area contributed by atoms with Crippen molar-refractivity contribution >= 4 is 21.6 Å². The molecule has 0 bridgehead atoms. The summed E-state index contributed by atoms with van der Waals surface area (Å²) in [5.74, 6) is -0.161. The number of rotatable bonds is 5. The van der Waals surface area contributed by atoms with Crippen LogP contribution in [0.4, 0.5) is 5.69 Å². The molecule has 128 valence electrons. The van der Waals surface area contributed by atoms with E-state index in [1.807, 2.05) is 11.8 Å². The molecular weight excluding hydrogens is 318 g/mol. The summed E-state index contributed by atoms with van der Waals surface area (Å²) in [6.45, 7) is 4.50. The molecule has 1 fully saturated rings. The van der Waals surface area contributed by atoms with Gasteiger partial charge in [0.25, 0.3) is 0 Å². The van der Waals surface area contributed by atoms with Gasteiger partial charge in [0.05, 0.1) is 24.2 Å². The van der Waals surface area contributed by atoms with Crippen molar-refractivity contribution in [2.45, 2.75) is 17.9 Å². The zero-order chi connectivity index (χ0) is 17.0. The molecule has 1 aliphatic rings. The molecule has 0 saturated carbocycles. The van der Waals surface area contributed by atoms with Gasteiger partial charge in [-0.1, -0.05) is 6.07 Å². The monoisotopic (exact) mass is 341 g/mol. The zero-order valence-electron chi connectivity index (χ0n) is 13.7. The highest BCUT2D eigenvalue weighted by atomic mass is 32.2. The number of carbonyl (C=O) groups excluding carboxylic acids is 1. The van der Waals surface area contributed by atoms with Crippen molar-refractivity contribution in [3.63, 3.8) is 0 Å². The minimum Gasteiger partial charge on any atom is -0.379 e. The van der Waals surface area contributed by atoms with E-state index in [2.05, 4.69) is 5.32 Å². The van der Waals surface area contributed by atoms with Crippen LogP contribution in [0.3, 0.4) is 0 Å². The number of hydrogen-bond acceptors (Lipinski definition) is 5. The van der Waals surface area contributed by atoms with Crippen LogP contribution >= 0.6 is 0 Å². The number of carbonyl (C=O) groups is 1. The molecule has 8 heteroatoms. The maximum Gasteiger partial charge on any atom is 0.242 e. The predicted molar refractivity (Wildman–Crippen MR) is 87.8 cm³/mol. The summed E-state index contributed by atoms with van der Waals surface area (Å²) >= 11 is 0. The average molecular weight is 341 g/mol. The summed E-state index contributed by atoms with van der Waals surface area (Å²) in [6, 6.07) is 5.98. The first-order valence-corrected chi connectivity index (χ1v) is 8.91. The molecule has 23 heavy (non-hydrogen) atoms. The van der Waals surface area contributed by atoms with E-state index in [1.165, 1.54) is 26.2 Å². The third-order valence-electron chi connectivity index (χ3n) is 3.85. The highest BCUT2D eigenvalue weighted by Crippen LogP contribution is 2.18. The Balaban J connectivity index is 2.09. The number of nitrogens with one attached hydrogen (secondary N) is 1. The molecule has 7 nitrogen and oxygen atoms in total. The maximum atomic E-state index is 12.4. The van der Waals surface area contributed by atoms with Crippen LogP contribution in [0.25, 0.3) is 0 Å². The van der Waals surface area contributed by atoms with Gasteiger partial charge in [-0.25, -0.2) is 12.7 Å².